The van der Waals surface area contributed by atoms with Crippen molar-refractivity contribution in [2.75, 3.05) is 52.0 Å². The molecule has 0 amide bonds. The monoisotopic (exact) mass is 664 g/mol. The number of carbonyl (C=O) groups is 1. The number of anilines is 1. The lowest BCUT2D eigenvalue weighted by Crippen LogP contribution is -2.53. The third-order valence-electron chi connectivity index (χ3n) is 9.22. The molecule has 2 aliphatic heterocycles. The molecule has 0 bridgehead atoms. The van der Waals surface area contributed by atoms with Gasteiger partial charge in [-0.05, 0) is 73.7 Å². The van der Waals surface area contributed by atoms with E-state index in [1.54, 1.807) is 30.7 Å². The molecule has 3 aromatic carbocycles. The molecular formula is C37H48N2O7S. The number of hydrogen-bond donors (Lipinski definition) is 0. The number of benzene rings is 3. The highest BCUT2D eigenvalue weighted by Crippen LogP contribution is 2.41. The first-order chi connectivity index (χ1) is 22.5. The third kappa shape index (κ3) is 8.35. The second-order valence-corrected chi connectivity index (χ2v) is 15.2. The van der Waals surface area contributed by atoms with Crippen LogP contribution in [0.5, 0.6) is 11.5 Å². The standard InChI is InChI=1S/C37H48N2O7S/c1-27-7-14-32(15-8-27)47(41,42)39-24-36(33(22-30(39)23-37(2,3)26-40)29-10-12-31(44-5)13-11-29)46-25-28-9-16-35-34(21-28)38(18-20-45-35)17-6-19-43-4/h7-16,21,26,30,33,36H,6,17-20,22-25H2,1-5H3/t30-,33-,36+/m1/s1. The normalized spacial score (nSPS) is 20.4. The van der Waals surface area contributed by atoms with Crippen molar-refractivity contribution in [3.05, 3.63) is 83.4 Å². The molecule has 0 aromatic heterocycles. The number of nitrogens with zero attached hydrogens (tertiary/aromatic N) is 2. The van der Waals surface area contributed by atoms with Crippen molar-refractivity contribution in [3.63, 3.8) is 0 Å². The zero-order valence-corrected chi connectivity index (χ0v) is 29.0. The van der Waals surface area contributed by atoms with E-state index in [1.807, 2.05) is 69.3 Å². The zero-order chi connectivity index (χ0) is 33.6. The molecule has 3 atom stereocenters. The molecule has 1 saturated heterocycles. The molecule has 0 unspecified atom stereocenters. The second-order valence-electron chi connectivity index (χ2n) is 13.3. The van der Waals surface area contributed by atoms with Gasteiger partial charge in [-0.2, -0.15) is 4.31 Å². The number of ether oxygens (including phenoxy) is 4. The van der Waals surface area contributed by atoms with Gasteiger partial charge in [0, 0.05) is 44.2 Å². The molecule has 0 spiro atoms. The summed E-state index contributed by atoms with van der Waals surface area (Å²) in [6.07, 6.45) is 2.29. The summed E-state index contributed by atoms with van der Waals surface area (Å²) in [5.74, 6) is 1.49. The highest BCUT2D eigenvalue weighted by molar-refractivity contribution is 7.89. The van der Waals surface area contributed by atoms with Gasteiger partial charge >= 0.3 is 0 Å². The van der Waals surface area contributed by atoms with Crippen molar-refractivity contribution in [2.24, 2.45) is 5.41 Å². The topological polar surface area (TPSA) is 94.6 Å². The van der Waals surface area contributed by atoms with Gasteiger partial charge in [-0.25, -0.2) is 8.42 Å². The number of rotatable bonds is 14. The first-order valence-corrected chi connectivity index (χ1v) is 17.8. The number of fused-ring (bicyclic) bond motifs is 1. The molecular weight excluding hydrogens is 616 g/mol. The maximum Gasteiger partial charge on any atom is 0.243 e. The van der Waals surface area contributed by atoms with Crippen LogP contribution in [0.4, 0.5) is 5.69 Å². The Hall–Kier alpha value is -3.44. The summed E-state index contributed by atoms with van der Waals surface area (Å²) in [7, 11) is -0.539. The van der Waals surface area contributed by atoms with E-state index in [2.05, 4.69) is 11.0 Å². The predicted molar refractivity (Wildman–Crippen MR) is 183 cm³/mol. The van der Waals surface area contributed by atoms with Crippen LogP contribution in [0.15, 0.2) is 71.6 Å². The van der Waals surface area contributed by atoms with Crippen molar-refractivity contribution in [3.8, 4) is 11.5 Å². The Kier molecular flexibility index (Phi) is 11.3. The Bertz CT molecular complexity index is 1590. The lowest BCUT2D eigenvalue weighted by Gasteiger charge is -2.45. The molecule has 2 heterocycles. The maximum absolute atomic E-state index is 14.3. The molecule has 0 aliphatic carbocycles. The minimum Gasteiger partial charge on any atom is -0.497 e. The summed E-state index contributed by atoms with van der Waals surface area (Å²) >= 11 is 0. The van der Waals surface area contributed by atoms with E-state index in [-0.39, 0.29) is 17.4 Å². The van der Waals surface area contributed by atoms with E-state index in [9.17, 15) is 13.2 Å². The summed E-state index contributed by atoms with van der Waals surface area (Å²) < 4.78 is 53.5. The van der Waals surface area contributed by atoms with Crippen molar-refractivity contribution in [1.29, 1.82) is 0 Å². The number of carbonyl (C=O) groups excluding carboxylic acids is 1. The van der Waals surface area contributed by atoms with Crippen molar-refractivity contribution < 1.29 is 32.2 Å². The highest BCUT2D eigenvalue weighted by atomic mass is 32.2. The molecule has 1 fully saturated rings. The molecule has 9 nitrogen and oxygen atoms in total. The third-order valence-corrected chi connectivity index (χ3v) is 11.2. The van der Waals surface area contributed by atoms with E-state index in [0.29, 0.717) is 32.7 Å². The van der Waals surface area contributed by atoms with Gasteiger partial charge in [0.15, 0.2) is 0 Å². The first-order valence-electron chi connectivity index (χ1n) is 16.3. The predicted octanol–water partition coefficient (Wildman–Crippen LogP) is 5.99. The van der Waals surface area contributed by atoms with Crippen LogP contribution in [0.25, 0.3) is 0 Å². The molecule has 47 heavy (non-hydrogen) atoms. The summed E-state index contributed by atoms with van der Waals surface area (Å²) in [5.41, 5.74) is 3.33. The van der Waals surface area contributed by atoms with Crippen LogP contribution in [-0.4, -0.2) is 78.2 Å². The van der Waals surface area contributed by atoms with E-state index in [0.717, 1.165) is 59.7 Å². The van der Waals surface area contributed by atoms with Gasteiger partial charge in [0.05, 0.1) is 36.9 Å². The Morgan fingerprint density at radius 2 is 1.77 bits per heavy atom. The van der Waals surface area contributed by atoms with Crippen LogP contribution >= 0.6 is 0 Å². The number of sulfonamides is 1. The first kappa shape index (κ1) is 34.9. The van der Waals surface area contributed by atoms with Crippen LogP contribution in [-0.2, 0) is 30.9 Å². The summed E-state index contributed by atoms with van der Waals surface area (Å²) in [6.45, 7) is 9.10. The van der Waals surface area contributed by atoms with Crippen molar-refractivity contribution in [1.82, 2.24) is 4.31 Å². The average Bonchev–Trinajstić information content (AvgIpc) is 3.07. The van der Waals surface area contributed by atoms with Crippen LogP contribution < -0.4 is 14.4 Å². The van der Waals surface area contributed by atoms with Gasteiger partial charge < -0.3 is 28.6 Å². The summed E-state index contributed by atoms with van der Waals surface area (Å²) in [4.78, 5) is 14.6. The molecule has 0 N–H and O–H groups in total. The fourth-order valence-corrected chi connectivity index (χ4v) is 8.26. The van der Waals surface area contributed by atoms with Crippen LogP contribution in [0.3, 0.4) is 0 Å². The van der Waals surface area contributed by atoms with Crippen LogP contribution in [0.2, 0.25) is 0 Å². The van der Waals surface area contributed by atoms with Crippen molar-refractivity contribution in [2.45, 2.75) is 69.6 Å². The Morgan fingerprint density at radius 3 is 2.45 bits per heavy atom. The maximum atomic E-state index is 14.3. The highest BCUT2D eigenvalue weighted by Gasteiger charge is 2.44. The molecule has 10 heteroatoms. The molecule has 2 aliphatic rings. The quantitative estimate of drug-likeness (QED) is 0.153. The van der Waals surface area contributed by atoms with E-state index >= 15 is 0 Å². The lowest BCUT2D eigenvalue weighted by atomic mass is 9.78. The average molecular weight is 665 g/mol. The second kappa shape index (κ2) is 15.2. The molecule has 0 saturated carbocycles. The number of aldehydes is 1. The van der Waals surface area contributed by atoms with Gasteiger partial charge in [0.1, 0.15) is 24.4 Å². The molecule has 254 valence electrons. The van der Waals surface area contributed by atoms with Gasteiger partial charge in [0.2, 0.25) is 10.0 Å². The number of piperidine rings is 1. The van der Waals surface area contributed by atoms with Gasteiger partial charge in [0.25, 0.3) is 0 Å². The summed E-state index contributed by atoms with van der Waals surface area (Å²) in [6, 6.07) is 20.6. The largest absolute Gasteiger partial charge is 0.497 e. The fraction of sp³-hybridized carbons (Fsp3) is 0.486. The molecule has 3 aromatic rings. The SMILES string of the molecule is COCCCN1CCOc2ccc(CO[C@H]3CN(S(=O)(=O)c4ccc(C)cc4)[C@@H](CC(C)(C)C=O)C[C@@H]3c3ccc(OC)cc3)cc21. The smallest absolute Gasteiger partial charge is 0.243 e. The zero-order valence-electron chi connectivity index (χ0n) is 28.2. The molecule has 5 rings (SSSR count). The Morgan fingerprint density at radius 1 is 1.02 bits per heavy atom. The minimum atomic E-state index is -3.89. The van der Waals surface area contributed by atoms with E-state index in [4.69, 9.17) is 18.9 Å². The van der Waals surface area contributed by atoms with Gasteiger partial charge in [-0.1, -0.05) is 49.7 Å². The Balaban J connectivity index is 1.47. The Labute approximate surface area is 279 Å². The minimum absolute atomic E-state index is 0.107. The number of aryl methyl sites for hydroxylation is 1. The summed E-state index contributed by atoms with van der Waals surface area (Å²) in [5, 5.41) is 0. The number of methoxy groups -OCH3 is 2. The fourth-order valence-electron chi connectivity index (χ4n) is 6.61. The van der Waals surface area contributed by atoms with Crippen LogP contribution in [0.1, 0.15) is 55.7 Å². The van der Waals surface area contributed by atoms with Gasteiger partial charge in [-0.15, -0.1) is 0 Å². The number of hydrogen-bond acceptors (Lipinski definition) is 8. The van der Waals surface area contributed by atoms with Crippen molar-refractivity contribution >= 4 is 22.0 Å². The van der Waals surface area contributed by atoms with Gasteiger partial charge in [-0.3, -0.25) is 0 Å². The van der Waals surface area contributed by atoms with E-state index in [1.165, 1.54) is 0 Å². The molecule has 0 radical (unpaired) electrons. The lowest BCUT2D eigenvalue weighted by molar-refractivity contribution is -0.116. The van der Waals surface area contributed by atoms with E-state index < -0.39 is 27.6 Å². The van der Waals surface area contributed by atoms with Crippen LogP contribution in [0, 0.1) is 12.3 Å².